The number of benzene rings is 3. The van der Waals surface area contributed by atoms with E-state index in [1.165, 1.54) is 75.4 Å². The number of likely N-dealkylation sites (N-methyl/N-ethyl adjacent to an activating group) is 1. The number of hydrogen-bond donors (Lipinski definition) is 3. The third-order valence-corrected chi connectivity index (χ3v) is 15.2. The molecule has 4 unspecified atom stereocenters. The number of terminal acetylenes is 1. The molecule has 0 spiro atoms. The van der Waals surface area contributed by atoms with E-state index >= 15 is 4.39 Å². The Morgan fingerprint density at radius 2 is 1.81 bits per heavy atom. The van der Waals surface area contributed by atoms with E-state index in [-0.39, 0.29) is 47.2 Å². The summed E-state index contributed by atoms with van der Waals surface area (Å²) in [4.78, 5) is 64.4. The minimum atomic E-state index is -0.709. The zero-order valence-electron chi connectivity index (χ0n) is 45.4. The number of aldehydes is 1. The summed E-state index contributed by atoms with van der Waals surface area (Å²) >= 11 is 0. The van der Waals surface area contributed by atoms with Crippen LogP contribution in [-0.2, 0) is 32.6 Å². The van der Waals surface area contributed by atoms with E-state index in [1.807, 2.05) is 25.3 Å². The second-order valence-electron chi connectivity index (χ2n) is 20.1. The molecule has 6 aromatic rings. The van der Waals surface area contributed by atoms with Gasteiger partial charge >= 0.3 is 11.7 Å². The first-order valence-electron chi connectivity index (χ1n) is 27.4. The molecule has 18 heteroatoms. The van der Waals surface area contributed by atoms with E-state index < -0.39 is 17.7 Å². The Labute approximate surface area is 450 Å². The van der Waals surface area contributed by atoms with Gasteiger partial charge in [0.2, 0.25) is 12.3 Å². The van der Waals surface area contributed by atoms with E-state index in [0.29, 0.717) is 45.6 Å². The van der Waals surface area contributed by atoms with Crippen molar-refractivity contribution in [3.63, 3.8) is 0 Å². The average Bonchev–Trinajstić information content (AvgIpc) is 4.20. The lowest BCUT2D eigenvalue weighted by Gasteiger charge is -2.35. The third kappa shape index (κ3) is 13.8. The molecule has 6 heterocycles. The Kier molecular flexibility index (Phi) is 21.4. The van der Waals surface area contributed by atoms with Gasteiger partial charge in [-0.1, -0.05) is 75.3 Å². The zero-order chi connectivity index (χ0) is 54.8. The highest BCUT2D eigenvalue weighted by Gasteiger charge is 2.36. The Hall–Kier alpha value is -6.81. The van der Waals surface area contributed by atoms with Crippen molar-refractivity contribution < 1.29 is 32.6 Å². The van der Waals surface area contributed by atoms with Crippen molar-refractivity contribution in [2.45, 2.75) is 127 Å². The number of aromatic nitrogens is 5. The standard InChI is InChI=1S/C27H25F2N5O.C23H34N4O4.C9H17NO/c1-4-7-17-15-34(13-12-30-17)26-20-14-31-24(23(29)25(20)32-27(33-26)35-3)19-9-6-8-16-10-11-21(28)18(5-2)22(16)19;1-24-22(30)20(11-9-15-28)27-19-13-12-18(16-21(19)26(2)23(27)31)10-7-5-3-4-6-8-14-25-17-29;1-11-7-9-5-4-8-3-2-6-10(8)9/h2,6,8-11,14,17,30H,4,7,12-13,15H2,1,3H3;12-13,15-17,20H,3-11,14H2,1-2H3,(H,24,30)(H,25,29);8-9H,2-7H2,1H3. The lowest BCUT2D eigenvalue weighted by molar-refractivity contribution is -0.124. The summed E-state index contributed by atoms with van der Waals surface area (Å²) in [5, 5.41) is 10.4. The summed E-state index contributed by atoms with van der Waals surface area (Å²) in [6.07, 6.45) is 24.5. The quantitative estimate of drug-likeness (QED) is 0.0338. The number of anilines is 1. The van der Waals surface area contributed by atoms with E-state index in [2.05, 4.69) is 53.5 Å². The molecule has 0 bridgehead atoms. The molecule has 4 atom stereocenters. The number of ether oxygens (including phenoxy) is 2. The van der Waals surface area contributed by atoms with Crippen LogP contribution in [0.5, 0.6) is 6.01 Å². The van der Waals surface area contributed by atoms with Crippen molar-refractivity contribution in [1.82, 2.24) is 44.9 Å². The van der Waals surface area contributed by atoms with Gasteiger partial charge in [-0.25, -0.2) is 13.6 Å². The van der Waals surface area contributed by atoms with Gasteiger partial charge in [0.05, 0.1) is 35.7 Å². The topological polar surface area (TPSA) is 178 Å². The first-order chi connectivity index (χ1) is 37.5. The molecule has 9 rings (SSSR count). The SMILES string of the molecule is C#Cc1c(F)ccc2cccc(-c3ncc4c(N5CCNC(CCC)C5)nc(OC)nc4c3F)c12.CNC(=O)C(CCC=O)n1c(=O)n(C)c2cc(CCCCCCCCNC=O)ccc21.COCC1CCC2CCCN21. The van der Waals surface area contributed by atoms with Gasteiger partial charge in [-0.3, -0.25) is 28.6 Å². The van der Waals surface area contributed by atoms with Crippen LogP contribution in [0.25, 0.3) is 44.0 Å². The highest BCUT2D eigenvalue weighted by Crippen LogP contribution is 2.37. The van der Waals surface area contributed by atoms with Gasteiger partial charge in [-0.05, 0) is 93.5 Å². The summed E-state index contributed by atoms with van der Waals surface area (Å²) < 4.78 is 44.2. The maximum absolute atomic E-state index is 16.1. The van der Waals surface area contributed by atoms with Gasteiger partial charge in [-0.2, -0.15) is 9.97 Å². The van der Waals surface area contributed by atoms with Crippen molar-refractivity contribution >= 4 is 57.1 Å². The molecule has 3 aromatic heterocycles. The molecule has 3 aliphatic rings. The predicted molar refractivity (Wildman–Crippen MR) is 299 cm³/mol. The summed E-state index contributed by atoms with van der Waals surface area (Å²) in [6, 6.07) is 15.5. The largest absolute Gasteiger partial charge is 0.467 e. The lowest BCUT2D eigenvalue weighted by Crippen LogP contribution is -2.51. The summed E-state index contributed by atoms with van der Waals surface area (Å²) in [7, 11) is 6.51. The van der Waals surface area contributed by atoms with Crippen molar-refractivity contribution in [2.75, 3.05) is 65.5 Å². The van der Waals surface area contributed by atoms with Crippen molar-refractivity contribution in [1.29, 1.82) is 0 Å². The zero-order valence-corrected chi connectivity index (χ0v) is 45.4. The first-order valence-corrected chi connectivity index (χ1v) is 27.4. The molecular formula is C59H76F2N10O6. The Balaban J connectivity index is 0.000000187. The van der Waals surface area contributed by atoms with Crippen LogP contribution < -0.4 is 31.3 Å². The maximum Gasteiger partial charge on any atom is 0.329 e. The number of nitrogens with one attached hydrogen (secondary N) is 3. The van der Waals surface area contributed by atoms with Crippen LogP contribution in [0.15, 0.2) is 59.5 Å². The molecule has 3 saturated heterocycles. The number of carbonyl (C=O) groups is 3. The van der Waals surface area contributed by atoms with Crippen LogP contribution in [-0.4, -0.2) is 126 Å². The fraction of sp³-hybridized carbons (Fsp3) is 0.508. The molecule has 77 heavy (non-hydrogen) atoms. The monoisotopic (exact) mass is 1060 g/mol. The van der Waals surface area contributed by atoms with E-state index in [0.717, 1.165) is 101 Å². The van der Waals surface area contributed by atoms with Crippen molar-refractivity contribution in [3.8, 4) is 29.6 Å². The van der Waals surface area contributed by atoms with Crippen LogP contribution >= 0.6 is 0 Å². The molecule has 3 fully saturated rings. The number of carbonyl (C=O) groups excluding carboxylic acids is 3. The third-order valence-electron chi connectivity index (χ3n) is 15.2. The van der Waals surface area contributed by atoms with Crippen molar-refractivity contribution in [2.24, 2.45) is 7.05 Å². The number of pyridine rings is 1. The average molecular weight is 1060 g/mol. The molecule has 3 N–H and O–H groups in total. The van der Waals surface area contributed by atoms with E-state index in [1.54, 1.807) is 42.1 Å². The number of methoxy groups -OCH3 is 2. The Morgan fingerprint density at radius 1 is 1.00 bits per heavy atom. The van der Waals surface area contributed by atoms with Crippen LogP contribution in [0, 0.1) is 24.0 Å². The fourth-order valence-electron chi connectivity index (χ4n) is 11.3. The Bertz CT molecular complexity index is 3060. The van der Waals surface area contributed by atoms with Gasteiger partial charge in [0.15, 0.2) is 5.82 Å². The number of imidazole rings is 1. The highest BCUT2D eigenvalue weighted by molar-refractivity contribution is 6.02. The number of aryl methyl sites for hydroxylation is 2. The fourth-order valence-corrected chi connectivity index (χ4v) is 11.3. The van der Waals surface area contributed by atoms with Crippen molar-refractivity contribution in [3.05, 3.63) is 88.0 Å². The van der Waals surface area contributed by atoms with Gasteiger partial charge in [0.25, 0.3) is 0 Å². The van der Waals surface area contributed by atoms with Gasteiger partial charge in [0, 0.05) is 89.1 Å². The Morgan fingerprint density at radius 3 is 2.55 bits per heavy atom. The lowest BCUT2D eigenvalue weighted by atomic mass is 9.96. The van der Waals surface area contributed by atoms with Crippen LogP contribution in [0.1, 0.15) is 114 Å². The number of nitrogens with zero attached hydrogens (tertiary/aromatic N) is 7. The van der Waals surface area contributed by atoms with Crippen LogP contribution in [0.2, 0.25) is 0 Å². The van der Waals surface area contributed by atoms with E-state index in [4.69, 9.17) is 15.9 Å². The van der Waals surface area contributed by atoms with Crippen LogP contribution in [0.4, 0.5) is 14.6 Å². The van der Waals surface area contributed by atoms with Gasteiger partial charge in [0.1, 0.15) is 35.2 Å². The molecule has 16 nitrogen and oxygen atoms in total. The minimum Gasteiger partial charge on any atom is -0.467 e. The van der Waals surface area contributed by atoms with Gasteiger partial charge in [-0.15, -0.1) is 6.42 Å². The number of rotatable bonds is 22. The number of halogens is 2. The summed E-state index contributed by atoms with van der Waals surface area (Å²) in [5.41, 5.74) is 3.03. The number of piperazine rings is 1. The van der Waals surface area contributed by atoms with E-state index in [9.17, 15) is 23.6 Å². The minimum absolute atomic E-state index is 0.0427. The molecule has 3 aliphatic heterocycles. The van der Waals surface area contributed by atoms with Gasteiger partial charge < -0.3 is 35.1 Å². The second kappa shape index (κ2) is 28.5. The number of amides is 2. The van der Waals surface area contributed by atoms with Crippen LogP contribution in [0.3, 0.4) is 0 Å². The molecule has 3 aromatic carbocycles. The molecule has 0 radical (unpaired) electrons. The normalized spacial score (nSPS) is 17.5. The predicted octanol–water partition coefficient (Wildman–Crippen LogP) is 8.19. The maximum atomic E-state index is 16.1. The molecule has 412 valence electrons. The molecular weight excluding hydrogens is 983 g/mol. The number of unbranched alkanes of at least 4 members (excludes halogenated alkanes) is 5. The summed E-state index contributed by atoms with van der Waals surface area (Å²) in [5.74, 6) is 1.54. The smallest absolute Gasteiger partial charge is 0.329 e. The number of fused-ring (bicyclic) bond motifs is 4. The number of hydrogen-bond acceptors (Lipinski definition) is 12. The first kappa shape index (κ1) is 57.9. The summed E-state index contributed by atoms with van der Waals surface area (Å²) in [6.45, 7) is 7.40. The second-order valence-corrected chi connectivity index (χ2v) is 20.1. The highest BCUT2D eigenvalue weighted by atomic mass is 19.1. The molecule has 0 aliphatic carbocycles. The molecule has 0 saturated carbocycles. The molecule has 2 amide bonds.